The molecule has 200 valence electrons. The number of fused-ring (bicyclic) bond motifs is 1. The van der Waals surface area contributed by atoms with Gasteiger partial charge in [0, 0.05) is 51.9 Å². The number of aromatic nitrogens is 5. The van der Waals surface area contributed by atoms with Gasteiger partial charge in [-0.3, -0.25) is 9.89 Å². The Balaban J connectivity index is 1.70. The number of rotatable bonds is 10. The Hall–Kier alpha value is -3.54. The topological polar surface area (TPSA) is 129 Å². The van der Waals surface area contributed by atoms with Crippen LogP contribution in [0.2, 0.25) is 0 Å². The van der Waals surface area contributed by atoms with Crippen molar-refractivity contribution in [3.05, 3.63) is 42.0 Å². The maximum absolute atomic E-state index is 14.1. The highest BCUT2D eigenvalue weighted by Gasteiger charge is 2.38. The number of hydrogen-bond donors (Lipinski definition) is 2. The van der Waals surface area contributed by atoms with Crippen molar-refractivity contribution in [3.63, 3.8) is 0 Å². The van der Waals surface area contributed by atoms with Gasteiger partial charge in [-0.25, -0.2) is 19.2 Å². The Morgan fingerprint density at radius 1 is 1.30 bits per heavy atom. The van der Waals surface area contributed by atoms with E-state index in [1.807, 2.05) is 18.4 Å². The van der Waals surface area contributed by atoms with E-state index in [0.29, 0.717) is 43.0 Å². The number of nitrogens with one attached hydrogen (secondary N) is 1. The van der Waals surface area contributed by atoms with Crippen molar-refractivity contribution in [1.82, 2.24) is 34.5 Å². The molecule has 11 nitrogen and oxygen atoms in total. The molecule has 37 heavy (non-hydrogen) atoms. The third kappa shape index (κ3) is 6.07. The fraction of sp³-hybridized carbons (Fsp3) is 0.560. The van der Waals surface area contributed by atoms with Crippen LogP contribution in [0.15, 0.2) is 24.5 Å². The van der Waals surface area contributed by atoms with E-state index in [1.165, 1.54) is 23.4 Å². The highest BCUT2D eigenvalue weighted by Crippen LogP contribution is 2.29. The Bertz CT molecular complexity index is 1210. The van der Waals surface area contributed by atoms with E-state index in [9.17, 15) is 19.1 Å². The number of hydrogen-bond acceptors (Lipinski definition) is 6. The number of aromatic amines is 1. The quantitative estimate of drug-likeness (QED) is 0.396. The number of carboxylic acid groups (broad SMARTS) is 1. The van der Waals surface area contributed by atoms with Crippen LogP contribution in [0.4, 0.5) is 9.18 Å². The van der Waals surface area contributed by atoms with Crippen molar-refractivity contribution >= 4 is 23.0 Å². The number of amides is 2. The van der Waals surface area contributed by atoms with Gasteiger partial charge >= 0.3 is 6.09 Å². The van der Waals surface area contributed by atoms with Crippen molar-refractivity contribution in [2.75, 3.05) is 33.4 Å². The Kier molecular flexibility index (Phi) is 8.37. The standard InChI is InChI=1S/C25H34FN7O4/c1-16(2)12-33(19-10-17(22-27-15-28-30-22)13-31(14-19)25(35)36)24(34)23-29-20-11-18(26)6-7-21(20)32(23)8-4-5-9-37-3/h6-7,11,15-17,19H,4-5,8-10,12-14H2,1-3H3,(H,35,36)(H,27,28,30)/t17-,19+/m1/s1. The SMILES string of the molecule is COCCCCn1c(C(=O)N(CC(C)C)[C@H]2C[C@@H](c3ncn[nH]3)CN(C(=O)O)C2)nc2cc(F)ccc21. The maximum atomic E-state index is 14.1. The van der Waals surface area contributed by atoms with Gasteiger partial charge in [0.05, 0.1) is 17.1 Å². The predicted octanol–water partition coefficient (Wildman–Crippen LogP) is 3.35. The van der Waals surface area contributed by atoms with Crippen LogP contribution in [-0.4, -0.2) is 91.0 Å². The maximum Gasteiger partial charge on any atom is 0.407 e. The fourth-order valence-electron chi connectivity index (χ4n) is 4.99. The molecule has 0 radical (unpaired) electrons. The summed E-state index contributed by atoms with van der Waals surface area (Å²) in [5.74, 6) is -0.0119. The first-order chi connectivity index (χ1) is 17.8. The number of imidazole rings is 1. The van der Waals surface area contributed by atoms with Crippen LogP contribution in [0.3, 0.4) is 0 Å². The van der Waals surface area contributed by atoms with Gasteiger partial charge in [0.1, 0.15) is 18.0 Å². The summed E-state index contributed by atoms with van der Waals surface area (Å²) < 4.78 is 21.0. The molecule has 1 aromatic carbocycles. The summed E-state index contributed by atoms with van der Waals surface area (Å²) in [4.78, 5) is 38.0. The molecule has 0 saturated carbocycles. The molecular weight excluding hydrogens is 481 g/mol. The van der Waals surface area contributed by atoms with Crippen molar-refractivity contribution in [3.8, 4) is 0 Å². The number of ether oxygens (including phenoxy) is 1. The zero-order valence-electron chi connectivity index (χ0n) is 21.4. The molecule has 1 saturated heterocycles. The molecule has 12 heteroatoms. The summed E-state index contributed by atoms with van der Waals surface area (Å²) in [6.07, 6.45) is 2.43. The van der Waals surface area contributed by atoms with E-state index in [1.54, 1.807) is 18.1 Å². The Morgan fingerprint density at radius 3 is 2.78 bits per heavy atom. The molecule has 2 aromatic heterocycles. The number of nitrogens with zero attached hydrogens (tertiary/aromatic N) is 6. The lowest BCUT2D eigenvalue weighted by molar-refractivity contribution is 0.0453. The third-order valence-corrected chi connectivity index (χ3v) is 6.66. The van der Waals surface area contributed by atoms with E-state index in [4.69, 9.17) is 4.74 Å². The number of carbonyl (C=O) groups is 2. The van der Waals surface area contributed by atoms with Crippen LogP contribution in [0, 0.1) is 11.7 Å². The van der Waals surface area contributed by atoms with Crippen molar-refractivity contribution in [2.45, 2.75) is 51.6 Å². The molecule has 0 aliphatic carbocycles. The van der Waals surface area contributed by atoms with Crippen molar-refractivity contribution in [2.24, 2.45) is 5.92 Å². The molecule has 3 heterocycles. The van der Waals surface area contributed by atoms with Crippen molar-refractivity contribution in [1.29, 1.82) is 0 Å². The summed E-state index contributed by atoms with van der Waals surface area (Å²) in [5, 5.41) is 16.6. The lowest BCUT2D eigenvalue weighted by Gasteiger charge is -2.41. The number of benzene rings is 1. The van der Waals surface area contributed by atoms with Crippen molar-refractivity contribution < 1.29 is 23.8 Å². The molecule has 3 aromatic rings. The monoisotopic (exact) mass is 515 g/mol. The van der Waals surface area contributed by atoms with Crippen LogP contribution < -0.4 is 0 Å². The molecule has 2 N–H and O–H groups in total. The highest BCUT2D eigenvalue weighted by molar-refractivity contribution is 5.95. The summed E-state index contributed by atoms with van der Waals surface area (Å²) in [6, 6.07) is 3.94. The van der Waals surface area contributed by atoms with E-state index in [-0.39, 0.29) is 36.7 Å². The predicted molar refractivity (Wildman–Crippen MR) is 134 cm³/mol. The molecule has 0 spiro atoms. The van der Waals surface area contributed by atoms with Crippen LogP contribution >= 0.6 is 0 Å². The van der Waals surface area contributed by atoms with Gasteiger partial charge in [-0.15, -0.1) is 0 Å². The number of piperidine rings is 1. The lowest BCUT2D eigenvalue weighted by Crippen LogP contribution is -2.54. The van der Waals surface area contributed by atoms with Gasteiger partial charge in [0.25, 0.3) is 5.91 Å². The molecule has 4 rings (SSSR count). The van der Waals surface area contributed by atoms with Gasteiger partial charge in [-0.05, 0) is 37.3 Å². The van der Waals surface area contributed by atoms with Crippen LogP contribution in [0.5, 0.6) is 0 Å². The van der Waals surface area contributed by atoms with E-state index >= 15 is 0 Å². The molecule has 2 atom stereocenters. The summed E-state index contributed by atoms with van der Waals surface area (Å²) in [7, 11) is 1.64. The minimum absolute atomic E-state index is 0.129. The molecular formula is C25H34FN7O4. The van der Waals surface area contributed by atoms with Crippen LogP contribution in [0.1, 0.15) is 55.5 Å². The van der Waals surface area contributed by atoms with E-state index in [2.05, 4.69) is 20.2 Å². The molecule has 1 aliphatic heterocycles. The third-order valence-electron chi connectivity index (χ3n) is 6.66. The summed E-state index contributed by atoms with van der Waals surface area (Å²) >= 11 is 0. The first-order valence-electron chi connectivity index (χ1n) is 12.6. The first kappa shape index (κ1) is 26.5. The second kappa shape index (κ2) is 11.7. The molecule has 0 bridgehead atoms. The number of likely N-dealkylation sites (tertiary alicyclic amines) is 1. The zero-order valence-corrected chi connectivity index (χ0v) is 21.4. The largest absolute Gasteiger partial charge is 0.465 e. The number of carbonyl (C=O) groups excluding carboxylic acids is 1. The molecule has 0 unspecified atom stereocenters. The van der Waals surface area contributed by atoms with Gasteiger partial charge in [0.2, 0.25) is 0 Å². The van der Waals surface area contributed by atoms with E-state index in [0.717, 1.165) is 12.8 Å². The summed E-state index contributed by atoms with van der Waals surface area (Å²) in [6.45, 7) is 6.00. The van der Waals surface area contributed by atoms with Gasteiger partial charge in [-0.2, -0.15) is 5.10 Å². The zero-order chi connectivity index (χ0) is 26.5. The summed E-state index contributed by atoms with van der Waals surface area (Å²) in [5.41, 5.74) is 1.09. The lowest BCUT2D eigenvalue weighted by atomic mass is 9.92. The highest BCUT2D eigenvalue weighted by atomic mass is 19.1. The van der Waals surface area contributed by atoms with E-state index < -0.39 is 18.0 Å². The van der Waals surface area contributed by atoms with Gasteiger partial charge in [-0.1, -0.05) is 13.8 Å². The average molecular weight is 516 g/mol. The second-order valence-electron chi connectivity index (χ2n) is 9.92. The van der Waals surface area contributed by atoms with Gasteiger partial charge in [0.15, 0.2) is 5.82 Å². The number of methoxy groups -OCH3 is 1. The van der Waals surface area contributed by atoms with Gasteiger partial charge < -0.3 is 24.2 Å². The Morgan fingerprint density at radius 2 is 2.11 bits per heavy atom. The Labute approximate surface area is 214 Å². The van der Waals surface area contributed by atoms with Crippen LogP contribution in [-0.2, 0) is 11.3 Å². The number of aryl methyl sites for hydroxylation is 1. The number of unbranched alkanes of at least 4 members (excludes halogenated alkanes) is 1. The normalized spacial score (nSPS) is 18.0. The smallest absolute Gasteiger partial charge is 0.407 e. The minimum Gasteiger partial charge on any atom is -0.465 e. The molecule has 2 amide bonds. The fourth-order valence-corrected chi connectivity index (χ4v) is 4.99. The molecule has 1 aliphatic rings. The second-order valence-corrected chi connectivity index (χ2v) is 9.92. The van der Waals surface area contributed by atoms with Crippen LogP contribution in [0.25, 0.3) is 11.0 Å². The number of halogens is 1. The molecule has 1 fully saturated rings. The number of H-pyrrole nitrogens is 1. The average Bonchev–Trinajstić information content (AvgIpc) is 3.53. The first-order valence-corrected chi connectivity index (χ1v) is 12.6. The minimum atomic E-state index is -1.05.